The normalized spacial score (nSPS) is 17.0. The Bertz CT molecular complexity index is 1110. The van der Waals surface area contributed by atoms with Crippen LogP contribution in [-0.2, 0) is 4.79 Å². The molecule has 0 aliphatic heterocycles. The van der Waals surface area contributed by atoms with E-state index in [1.54, 1.807) is 25.6 Å². The monoisotopic (exact) mass is 525 g/mol. The van der Waals surface area contributed by atoms with Gasteiger partial charge in [0, 0.05) is 4.90 Å². The maximum atomic E-state index is 15.3. The molecule has 1 aliphatic carbocycles. The van der Waals surface area contributed by atoms with Crippen molar-refractivity contribution in [1.82, 2.24) is 4.90 Å². The number of nitrogens with two attached hydrogens (primary N) is 1. The van der Waals surface area contributed by atoms with Gasteiger partial charge in [0.1, 0.15) is 11.6 Å². The number of hydrogen-bond donors (Lipinski definition) is 1. The van der Waals surface area contributed by atoms with Gasteiger partial charge in [0.2, 0.25) is 5.91 Å². The van der Waals surface area contributed by atoms with E-state index < -0.39 is 35.6 Å². The number of carbonyl (C=O) groups is 1. The molecule has 0 heterocycles. The predicted octanol–water partition coefficient (Wildman–Crippen LogP) is 6.57. The smallest absolute Gasteiger partial charge is 0.368 e. The number of alkyl halides is 5. The zero-order valence-electron chi connectivity index (χ0n) is 20.2. The predicted molar refractivity (Wildman–Crippen MR) is 129 cm³/mol. The van der Waals surface area contributed by atoms with E-state index in [2.05, 4.69) is 0 Å². The van der Waals surface area contributed by atoms with Gasteiger partial charge >= 0.3 is 12.1 Å². The summed E-state index contributed by atoms with van der Waals surface area (Å²) in [5.41, 5.74) is 4.94. The highest BCUT2D eigenvalue weighted by Crippen LogP contribution is 2.55. The first-order valence-electron chi connectivity index (χ1n) is 11.5. The molecule has 0 spiro atoms. The summed E-state index contributed by atoms with van der Waals surface area (Å²) in [7, 11) is 0. The van der Waals surface area contributed by atoms with Crippen molar-refractivity contribution in [1.29, 1.82) is 5.26 Å². The molecule has 36 heavy (non-hydrogen) atoms. The number of halogens is 5. The highest BCUT2D eigenvalue weighted by Gasteiger charge is 2.69. The van der Waals surface area contributed by atoms with Crippen molar-refractivity contribution in [3.05, 3.63) is 54.1 Å². The van der Waals surface area contributed by atoms with Crippen molar-refractivity contribution in [3.8, 4) is 17.2 Å². The molecule has 2 atom stereocenters. The molecule has 2 aromatic carbocycles. The lowest BCUT2D eigenvalue weighted by molar-refractivity contribution is -0.309. The fourth-order valence-electron chi connectivity index (χ4n) is 4.43. The third kappa shape index (κ3) is 5.52. The number of nitrogens with zero attached hydrogens (tertiary/aromatic N) is 2. The van der Waals surface area contributed by atoms with Crippen LogP contribution in [0.4, 0.5) is 22.0 Å². The lowest BCUT2D eigenvalue weighted by Gasteiger charge is -2.44. The third-order valence-corrected chi connectivity index (χ3v) is 7.18. The molecule has 2 N–H and O–H groups in total. The summed E-state index contributed by atoms with van der Waals surface area (Å²) < 4.78 is 71.9. The van der Waals surface area contributed by atoms with Crippen molar-refractivity contribution in [2.24, 2.45) is 11.7 Å². The first-order valence-corrected chi connectivity index (χ1v) is 12.7. The van der Waals surface area contributed by atoms with Gasteiger partial charge in [-0.2, -0.15) is 27.2 Å². The SMILES string of the molecule is CSc1ccc(-c2ccc([C@H](N([C@@H](CC(C)C)C(N)=O)C3(C#N)CC3)C(F)(F)C(F)(F)F)cc2)cc1. The van der Waals surface area contributed by atoms with Crippen LogP contribution in [0.3, 0.4) is 0 Å². The maximum absolute atomic E-state index is 15.3. The number of benzene rings is 2. The van der Waals surface area contributed by atoms with Gasteiger partial charge < -0.3 is 5.73 Å². The van der Waals surface area contributed by atoms with E-state index in [0.717, 1.165) is 15.4 Å². The summed E-state index contributed by atoms with van der Waals surface area (Å²) >= 11 is 1.55. The number of nitriles is 1. The average Bonchev–Trinajstić information content (AvgIpc) is 3.61. The van der Waals surface area contributed by atoms with Crippen LogP contribution in [0, 0.1) is 17.2 Å². The molecular weight excluding hydrogens is 497 g/mol. The number of primary amides is 1. The highest BCUT2D eigenvalue weighted by molar-refractivity contribution is 7.98. The molecule has 1 amide bonds. The van der Waals surface area contributed by atoms with Crippen LogP contribution in [-0.4, -0.2) is 40.7 Å². The summed E-state index contributed by atoms with van der Waals surface area (Å²) in [6.07, 6.45) is -3.94. The van der Waals surface area contributed by atoms with Crippen LogP contribution in [0.15, 0.2) is 53.4 Å². The van der Waals surface area contributed by atoms with Gasteiger partial charge in [0.15, 0.2) is 0 Å². The number of carbonyl (C=O) groups excluding carboxylic acids is 1. The van der Waals surface area contributed by atoms with Crippen LogP contribution in [0.5, 0.6) is 0 Å². The van der Waals surface area contributed by atoms with E-state index in [4.69, 9.17) is 5.73 Å². The molecule has 1 fully saturated rings. The molecule has 0 radical (unpaired) electrons. The Labute approximate surface area is 211 Å². The molecule has 1 aliphatic rings. The summed E-state index contributed by atoms with van der Waals surface area (Å²) in [6, 6.07) is 10.6. The zero-order valence-corrected chi connectivity index (χ0v) is 21.0. The van der Waals surface area contributed by atoms with E-state index >= 15 is 8.78 Å². The number of amides is 1. The molecule has 4 nitrogen and oxygen atoms in total. The van der Waals surface area contributed by atoms with Crippen molar-refractivity contribution in [2.75, 3.05) is 6.26 Å². The lowest BCUT2D eigenvalue weighted by Crippen LogP contribution is -2.59. The standard InChI is InChI=1S/C26H28F5N3OS/c1-16(2)14-21(23(33)35)34(24(15-32)12-13-24)22(25(27,28)26(29,30)31)19-6-4-17(5-7-19)18-8-10-20(36-3)11-9-18/h4-11,16,21-22H,12-14H2,1-3H3,(H2,33,35)/t21-,22-/m0/s1. The fourth-order valence-corrected chi connectivity index (χ4v) is 4.83. The first-order chi connectivity index (χ1) is 16.8. The van der Waals surface area contributed by atoms with Crippen molar-refractivity contribution >= 4 is 17.7 Å². The van der Waals surface area contributed by atoms with Gasteiger partial charge in [-0.3, -0.25) is 9.69 Å². The lowest BCUT2D eigenvalue weighted by atomic mass is 9.90. The summed E-state index contributed by atoms with van der Waals surface area (Å²) in [6.45, 7) is 3.40. The average molecular weight is 526 g/mol. The molecule has 194 valence electrons. The van der Waals surface area contributed by atoms with Crippen LogP contribution in [0.25, 0.3) is 11.1 Å². The van der Waals surface area contributed by atoms with E-state index in [-0.39, 0.29) is 30.7 Å². The van der Waals surface area contributed by atoms with Crippen LogP contribution in [0.1, 0.15) is 44.7 Å². The Hall–Kier alpha value is -2.64. The molecular formula is C26H28F5N3OS. The quantitative estimate of drug-likeness (QED) is 0.281. The van der Waals surface area contributed by atoms with Crippen molar-refractivity contribution in [3.63, 3.8) is 0 Å². The Morgan fingerprint density at radius 3 is 1.92 bits per heavy atom. The van der Waals surface area contributed by atoms with Gasteiger partial charge in [-0.1, -0.05) is 50.2 Å². The topological polar surface area (TPSA) is 70.1 Å². The Kier molecular flexibility index (Phi) is 8.06. The third-order valence-electron chi connectivity index (χ3n) is 6.43. The second kappa shape index (κ2) is 10.4. The zero-order chi connectivity index (χ0) is 26.9. The molecule has 10 heteroatoms. The second-order valence-electron chi connectivity index (χ2n) is 9.47. The highest BCUT2D eigenvalue weighted by atomic mass is 32.2. The van der Waals surface area contributed by atoms with Crippen molar-refractivity contribution < 1.29 is 26.7 Å². The van der Waals surface area contributed by atoms with Gasteiger partial charge in [-0.15, -0.1) is 11.8 Å². The van der Waals surface area contributed by atoms with Gasteiger partial charge in [0.25, 0.3) is 0 Å². The molecule has 0 saturated heterocycles. The number of hydrogen-bond acceptors (Lipinski definition) is 4. The van der Waals surface area contributed by atoms with Crippen LogP contribution < -0.4 is 5.73 Å². The largest absolute Gasteiger partial charge is 0.455 e. The van der Waals surface area contributed by atoms with Gasteiger partial charge in [0.05, 0.1) is 12.1 Å². The minimum absolute atomic E-state index is 0.0652. The van der Waals surface area contributed by atoms with E-state index in [1.165, 1.54) is 24.3 Å². The second-order valence-corrected chi connectivity index (χ2v) is 10.4. The van der Waals surface area contributed by atoms with Crippen LogP contribution >= 0.6 is 11.8 Å². The Morgan fingerprint density at radius 1 is 1.06 bits per heavy atom. The van der Waals surface area contributed by atoms with Crippen molar-refractivity contribution in [2.45, 2.75) is 67.7 Å². The summed E-state index contributed by atoms with van der Waals surface area (Å²) in [5, 5.41) is 9.82. The summed E-state index contributed by atoms with van der Waals surface area (Å²) in [5.74, 6) is -6.55. The fraction of sp³-hybridized carbons (Fsp3) is 0.462. The van der Waals surface area contributed by atoms with Gasteiger partial charge in [-0.05, 0) is 60.3 Å². The molecule has 0 unspecified atom stereocenters. The Balaban J connectivity index is 2.16. The van der Waals surface area contributed by atoms with E-state index in [1.807, 2.05) is 36.6 Å². The number of thioether (sulfide) groups is 1. The molecule has 1 saturated carbocycles. The van der Waals surface area contributed by atoms with Gasteiger partial charge in [-0.25, -0.2) is 0 Å². The maximum Gasteiger partial charge on any atom is 0.455 e. The first kappa shape index (κ1) is 27.9. The number of rotatable bonds is 10. The molecule has 2 aromatic rings. The Morgan fingerprint density at radius 2 is 1.56 bits per heavy atom. The van der Waals surface area contributed by atoms with E-state index in [0.29, 0.717) is 5.56 Å². The molecule has 0 aromatic heterocycles. The van der Waals surface area contributed by atoms with Crippen LogP contribution in [0.2, 0.25) is 0 Å². The molecule has 0 bridgehead atoms. The van der Waals surface area contributed by atoms with E-state index in [9.17, 15) is 23.2 Å². The minimum Gasteiger partial charge on any atom is -0.368 e. The minimum atomic E-state index is -5.92. The summed E-state index contributed by atoms with van der Waals surface area (Å²) in [4.78, 5) is 14.2. The molecule has 3 rings (SSSR count).